The smallest absolute Gasteiger partial charge is 0.317 e. The van der Waals surface area contributed by atoms with Crippen molar-refractivity contribution >= 4 is 11.7 Å². The number of anilines is 1. The molecular weight excluding hydrogens is 306 g/mol. The van der Waals surface area contributed by atoms with E-state index in [0.717, 1.165) is 31.8 Å². The normalized spacial score (nSPS) is 23.1. The first kappa shape index (κ1) is 16.9. The first-order valence-electron chi connectivity index (χ1n) is 8.84. The van der Waals surface area contributed by atoms with Gasteiger partial charge in [-0.3, -0.25) is 0 Å². The molecule has 0 aliphatic carbocycles. The van der Waals surface area contributed by atoms with Gasteiger partial charge >= 0.3 is 6.03 Å². The van der Waals surface area contributed by atoms with E-state index in [1.54, 1.807) is 0 Å². The molecule has 2 amide bonds. The minimum Gasteiger partial charge on any atom is -0.494 e. The predicted octanol–water partition coefficient (Wildman–Crippen LogP) is 1.69. The molecule has 3 aliphatic heterocycles. The van der Waals surface area contributed by atoms with Crippen molar-refractivity contribution < 1.29 is 14.6 Å². The van der Waals surface area contributed by atoms with Crippen LogP contribution in [0.2, 0.25) is 0 Å². The highest BCUT2D eigenvalue weighted by molar-refractivity contribution is 5.74. The van der Waals surface area contributed by atoms with E-state index in [0.29, 0.717) is 25.1 Å². The maximum atomic E-state index is 12.3. The number of rotatable bonds is 5. The Morgan fingerprint density at radius 2 is 2.04 bits per heavy atom. The molecule has 2 unspecified atom stereocenters. The molecule has 3 fully saturated rings. The second-order valence-electron chi connectivity index (χ2n) is 6.54. The first-order valence-corrected chi connectivity index (χ1v) is 8.84. The number of nitrogens with one attached hydrogen (secondary N) is 1. The number of amides is 2. The monoisotopic (exact) mass is 333 g/mol. The summed E-state index contributed by atoms with van der Waals surface area (Å²) in [4.78, 5) is 16.6. The average Bonchev–Trinajstić information content (AvgIpc) is 2.92. The van der Waals surface area contributed by atoms with E-state index in [1.807, 2.05) is 24.0 Å². The SMILES string of the molecule is CCOc1ccc(N2CC3CCC2CN(C(=O)NCCO)C3)cc1. The molecule has 1 aromatic carbocycles. The van der Waals surface area contributed by atoms with Gasteiger partial charge in [0.2, 0.25) is 0 Å². The van der Waals surface area contributed by atoms with Crippen molar-refractivity contribution in [2.75, 3.05) is 44.3 Å². The summed E-state index contributed by atoms with van der Waals surface area (Å²) in [5.41, 5.74) is 1.20. The molecule has 0 aromatic heterocycles. The van der Waals surface area contributed by atoms with Gasteiger partial charge < -0.3 is 25.0 Å². The molecule has 2 bridgehead atoms. The zero-order valence-electron chi connectivity index (χ0n) is 14.3. The van der Waals surface area contributed by atoms with Crippen LogP contribution in [0.1, 0.15) is 19.8 Å². The van der Waals surface area contributed by atoms with Crippen molar-refractivity contribution in [3.05, 3.63) is 24.3 Å². The highest BCUT2D eigenvalue weighted by Gasteiger charge is 2.36. The van der Waals surface area contributed by atoms with E-state index in [1.165, 1.54) is 12.1 Å². The number of hydrogen-bond acceptors (Lipinski definition) is 4. The zero-order chi connectivity index (χ0) is 16.9. The summed E-state index contributed by atoms with van der Waals surface area (Å²) in [7, 11) is 0. The second-order valence-corrected chi connectivity index (χ2v) is 6.54. The van der Waals surface area contributed by atoms with Crippen molar-refractivity contribution in [3.63, 3.8) is 0 Å². The van der Waals surface area contributed by atoms with Crippen molar-refractivity contribution in [1.29, 1.82) is 0 Å². The minimum absolute atomic E-state index is 0.0231. The first-order chi connectivity index (χ1) is 11.7. The summed E-state index contributed by atoms with van der Waals surface area (Å²) < 4.78 is 5.52. The van der Waals surface area contributed by atoms with Gasteiger partial charge in [0, 0.05) is 37.9 Å². The number of aliphatic hydroxyl groups excluding tert-OH is 1. The van der Waals surface area contributed by atoms with E-state index in [9.17, 15) is 4.79 Å². The lowest BCUT2D eigenvalue weighted by Gasteiger charge is -2.38. The van der Waals surface area contributed by atoms with Crippen LogP contribution in [0.25, 0.3) is 0 Å². The van der Waals surface area contributed by atoms with Gasteiger partial charge in [-0.25, -0.2) is 4.79 Å². The Hall–Kier alpha value is -1.95. The van der Waals surface area contributed by atoms with Gasteiger partial charge in [-0.1, -0.05) is 0 Å². The Morgan fingerprint density at radius 1 is 1.25 bits per heavy atom. The lowest BCUT2D eigenvalue weighted by molar-refractivity contribution is 0.191. The van der Waals surface area contributed by atoms with Crippen molar-refractivity contribution in [1.82, 2.24) is 10.2 Å². The quantitative estimate of drug-likeness (QED) is 0.861. The molecule has 3 aliphatic rings. The summed E-state index contributed by atoms with van der Waals surface area (Å²) in [5.74, 6) is 1.39. The van der Waals surface area contributed by atoms with Gasteiger partial charge in [-0.05, 0) is 49.9 Å². The van der Waals surface area contributed by atoms with Crippen molar-refractivity contribution in [2.24, 2.45) is 5.92 Å². The third-order valence-corrected chi connectivity index (χ3v) is 4.87. The van der Waals surface area contributed by atoms with Crippen LogP contribution in [0.3, 0.4) is 0 Å². The average molecular weight is 333 g/mol. The molecule has 2 N–H and O–H groups in total. The lowest BCUT2D eigenvalue weighted by atomic mass is 9.94. The Morgan fingerprint density at radius 3 is 2.75 bits per heavy atom. The van der Waals surface area contributed by atoms with Gasteiger partial charge in [0.25, 0.3) is 0 Å². The number of hydrogen-bond donors (Lipinski definition) is 2. The fourth-order valence-electron chi connectivity index (χ4n) is 3.74. The van der Waals surface area contributed by atoms with Crippen LogP contribution in [0, 0.1) is 5.92 Å². The number of ether oxygens (including phenoxy) is 1. The second kappa shape index (κ2) is 7.75. The molecule has 132 valence electrons. The molecule has 1 aromatic rings. The third kappa shape index (κ3) is 3.75. The standard InChI is InChI=1S/C18H27N3O3/c1-2-24-17-7-5-15(6-8-17)21-12-14-3-4-16(21)13-20(11-14)18(23)19-9-10-22/h5-8,14,16,22H,2-4,9-13H2,1H3,(H,19,23). The highest BCUT2D eigenvalue weighted by Crippen LogP contribution is 2.32. The third-order valence-electron chi connectivity index (χ3n) is 4.87. The van der Waals surface area contributed by atoms with Gasteiger partial charge in [-0.15, -0.1) is 0 Å². The largest absolute Gasteiger partial charge is 0.494 e. The molecule has 0 saturated carbocycles. The van der Waals surface area contributed by atoms with Crippen LogP contribution < -0.4 is 15.0 Å². The Balaban J connectivity index is 1.70. The molecule has 4 rings (SSSR count). The lowest BCUT2D eigenvalue weighted by Crippen LogP contribution is -2.46. The number of benzene rings is 1. The maximum Gasteiger partial charge on any atom is 0.317 e. The zero-order valence-corrected chi connectivity index (χ0v) is 14.3. The molecule has 3 saturated heterocycles. The van der Waals surface area contributed by atoms with Gasteiger partial charge in [0.15, 0.2) is 0 Å². The van der Waals surface area contributed by atoms with E-state index >= 15 is 0 Å². The number of nitrogens with zero attached hydrogens (tertiary/aromatic N) is 2. The molecule has 6 heteroatoms. The molecule has 6 nitrogen and oxygen atoms in total. The number of carbonyl (C=O) groups is 1. The van der Waals surface area contributed by atoms with Crippen LogP contribution in [-0.4, -0.2) is 61.5 Å². The van der Waals surface area contributed by atoms with E-state index in [2.05, 4.69) is 22.3 Å². The number of piperidine rings is 1. The molecular formula is C18H27N3O3. The predicted molar refractivity (Wildman–Crippen MR) is 93.5 cm³/mol. The maximum absolute atomic E-state index is 12.3. The molecule has 0 radical (unpaired) electrons. The summed E-state index contributed by atoms with van der Waals surface area (Å²) in [6.07, 6.45) is 2.28. The van der Waals surface area contributed by atoms with Gasteiger partial charge in [-0.2, -0.15) is 0 Å². The number of urea groups is 1. The van der Waals surface area contributed by atoms with Crippen LogP contribution in [0.5, 0.6) is 5.75 Å². The summed E-state index contributed by atoms with van der Waals surface area (Å²) in [5, 5.41) is 11.7. The molecule has 3 heterocycles. The van der Waals surface area contributed by atoms with Gasteiger partial charge in [0.05, 0.1) is 13.2 Å². The Bertz CT molecular complexity index is 549. The van der Waals surface area contributed by atoms with Crippen molar-refractivity contribution in [2.45, 2.75) is 25.8 Å². The van der Waals surface area contributed by atoms with E-state index in [4.69, 9.17) is 9.84 Å². The Labute approximate surface area is 143 Å². The molecule has 24 heavy (non-hydrogen) atoms. The fraction of sp³-hybridized carbons (Fsp3) is 0.611. The number of fused-ring (bicyclic) bond motifs is 4. The van der Waals surface area contributed by atoms with E-state index < -0.39 is 0 Å². The molecule has 2 atom stereocenters. The summed E-state index contributed by atoms with van der Waals surface area (Å²) in [6, 6.07) is 8.55. The van der Waals surface area contributed by atoms with Crippen LogP contribution in [-0.2, 0) is 0 Å². The minimum atomic E-state index is -0.0607. The van der Waals surface area contributed by atoms with Crippen LogP contribution >= 0.6 is 0 Å². The van der Waals surface area contributed by atoms with Crippen LogP contribution in [0.15, 0.2) is 24.3 Å². The highest BCUT2D eigenvalue weighted by atomic mass is 16.5. The number of carbonyl (C=O) groups excluding carboxylic acids is 1. The molecule has 0 spiro atoms. The number of aliphatic hydroxyl groups is 1. The Kier molecular flexibility index (Phi) is 5.45. The summed E-state index contributed by atoms with van der Waals surface area (Å²) in [6.45, 7) is 5.46. The van der Waals surface area contributed by atoms with Crippen LogP contribution in [0.4, 0.5) is 10.5 Å². The summed E-state index contributed by atoms with van der Waals surface area (Å²) >= 11 is 0. The fourth-order valence-corrected chi connectivity index (χ4v) is 3.74. The van der Waals surface area contributed by atoms with E-state index in [-0.39, 0.29) is 12.6 Å². The van der Waals surface area contributed by atoms with Gasteiger partial charge in [0.1, 0.15) is 5.75 Å². The van der Waals surface area contributed by atoms with Crippen molar-refractivity contribution in [3.8, 4) is 5.75 Å². The topological polar surface area (TPSA) is 65.0 Å².